The fraction of sp³-hybridized carbons (Fsp3) is 0.278. The summed E-state index contributed by atoms with van der Waals surface area (Å²) in [6.07, 6.45) is 2.62. The number of hydrogen-bond donors (Lipinski definition) is 1. The number of rotatable bonds is 8. The molecule has 2 aromatic carbocycles. The normalized spacial score (nSPS) is 10.9. The van der Waals surface area contributed by atoms with Crippen molar-refractivity contribution in [1.29, 1.82) is 0 Å². The van der Waals surface area contributed by atoms with Crippen LogP contribution in [0.3, 0.4) is 0 Å². The standard InChI is InChI=1S/C18H19BrCl2N2O2/c1-3-7-25-18-14(19)8-12(9-17(18)24-4-2)11-22-23-13-5-6-15(20)16(21)10-13/h5-6,8-11,23H,3-4,7H2,1-2H3/b22-11-. The Morgan fingerprint density at radius 1 is 1.12 bits per heavy atom. The maximum Gasteiger partial charge on any atom is 0.175 e. The zero-order valence-electron chi connectivity index (χ0n) is 14.0. The van der Waals surface area contributed by atoms with Crippen LogP contribution in [0.5, 0.6) is 11.5 Å². The molecule has 7 heteroatoms. The van der Waals surface area contributed by atoms with Crippen molar-refractivity contribution in [3.8, 4) is 11.5 Å². The van der Waals surface area contributed by atoms with E-state index < -0.39 is 0 Å². The van der Waals surface area contributed by atoms with E-state index in [0.29, 0.717) is 34.8 Å². The van der Waals surface area contributed by atoms with E-state index in [2.05, 4.69) is 33.4 Å². The van der Waals surface area contributed by atoms with Gasteiger partial charge in [0.15, 0.2) is 11.5 Å². The minimum absolute atomic E-state index is 0.473. The van der Waals surface area contributed by atoms with Crippen LogP contribution in [0.2, 0.25) is 10.0 Å². The van der Waals surface area contributed by atoms with Gasteiger partial charge in [0.2, 0.25) is 0 Å². The van der Waals surface area contributed by atoms with E-state index in [-0.39, 0.29) is 0 Å². The summed E-state index contributed by atoms with van der Waals surface area (Å²) in [7, 11) is 0. The molecule has 0 bridgehead atoms. The molecule has 1 N–H and O–H groups in total. The zero-order chi connectivity index (χ0) is 18.2. The highest BCUT2D eigenvalue weighted by atomic mass is 79.9. The Kier molecular flexibility index (Phi) is 7.88. The molecule has 0 amide bonds. The molecule has 0 fully saturated rings. The fourth-order valence-electron chi connectivity index (χ4n) is 2.02. The van der Waals surface area contributed by atoms with E-state index in [9.17, 15) is 0 Å². The van der Waals surface area contributed by atoms with Gasteiger partial charge < -0.3 is 9.47 Å². The summed E-state index contributed by atoms with van der Waals surface area (Å²) < 4.78 is 12.3. The second-order valence-electron chi connectivity index (χ2n) is 5.11. The molecule has 2 rings (SSSR count). The summed E-state index contributed by atoms with van der Waals surface area (Å²) in [5.74, 6) is 1.39. The first-order valence-electron chi connectivity index (χ1n) is 7.88. The van der Waals surface area contributed by atoms with Crippen LogP contribution in [0.25, 0.3) is 0 Å². The molecular formula is C18H19BrCl2N2O2. The van der Waals surface area contributed by atoms with E-state index in [1.54, 1.807) is 24.4 Å². The van der Waals surface area contributed by atoms with Crippen LogP contribution >= 0.6 is 39.1 Å². The fourth-order valence-corrected chi connectivity index (χ4v) is 2.89. The largest absolute Gasteiger partial charge is 0.490 e. The van der Waals surface area contributed by atoms with Crippen molar-refractivity contribution < 1.29 is 9.47 Å². The van der Waals surface area contributed by atoms with Crippen molar-refractivity contribution >= 4 is 51.0 Å². The van der Waals surface area contributed by atoms with Crippen LogP contribution in [-0.2, 0) is 0 Å². The van der Waals surface area contributed by atoms with Crippen LogP contribution in [0, 0.1) is 0 Å². The first-order chi connectivity index (χ1) is 12.0. The first kappa shape index (κ1) is 19.9. The lowest BCUT2D eigenvalue weighted by molar-refractivity contribution is 0.275. The van der Waals surface area contributed by atoms with Crippen molar-refractivity contribution in [1.82, 2.24) is 0 Å². The maximum absolute atomic E-state index is 5.98. The van der Waals surface area contributed by atoms with Crippen molar-refractivity contribution in [3.05, 3.63) is 50.4 Å². The molecule has 4 nitrogen and oxygen atoms in total. The van der Waals surface area contributed by atoms with Crippen molar-refractivity contribution in [2.45, 2.75) is 20.3 Å². The third-order valence-corrected chi connectivity index (χ3v) is 4.44. The molecule has 0 radical (unpaired) electrons. The topological polar surface area (TPSA) is 42.8 Å². The maximum atomic E-state index is 5.98. The smallest absolute Gasteiger partial charge is 0.175 e. The Bertz CT molecular complexity index is 754. The van der Waals surface area contributed by atoms with Gasteiger partial charge in [-0.2, -0.15) is 5.10 Å². The van der Waals surface area contributed by atoms with E-state index in [1.807, 2.05) is 19.1 Å². The quantitative estimate of drug-likeness (QED) is 0.378. The summed E-state index contributed by atoms with van der Waals surface area (Å²) in [5, 5.41) is 5.20. The predicted octanol–water partition coefficient (Wildman–Crippen LogP) is 6.39. The van der Waals surface area contributed by atoms with Crippen LogP contribution in [0.1, 0.15) is 25.8 Å². The number of ether oxygens (including phenoxy) is 2. The van der Waals surface area contributed by atoms with Crippen molar-refractivity contribution in [2.24, 2.45) is 5.10 Å². The van der Waals surface area contributed by atoms with Gasteiger partial charge in [0.05, 0.1) is 39.6 Å². The highest BCUT2D eigenvalue weighted by Gasteiger charge is 2.11. The van der Waals surface area contributed by atoms with Gasteiger partial charge in [-0.15, -0.1) is 0 Å². The molecule has 25 heavy (non-hydrogen) atoms. The van der Waals surface area contributed by atoms with E-state index in [4.69, 9.17) is 32.7 Å². The van der Waals surface area contributed by atoms with Gasteiger partial charge in [-0.25, -0.2) is 0 Å². The Balaban J connectivity index is 2.16. The van der Waals surface area contributed by atoms with Gasteiger partial charge in [-0.1, -0.05) is 30.1 Å². The third-order valence-electron chi connectivity index (χ3n) is 3.11. The number of hydrogen-bond acceptors (Lipinski definition) is 4. The van der Waals surface area contributed by atoms with E-state index in [0.717, 1.165) is 22.1 Å². The average molecular weight is 446 g/mol. The molecule has 0 aliphatic carbocycles. The molecule has 0 atom stereocenters. The van der Waals surface area contributed by atoms with Crippen LogP contribution in [0.15, 0.2) is 39.9 Å². The molecule has 2 aromatic rings. The molecule has 0 aliphatic rings. The molecule has 134 valence electrons. The van der Waals surface area contributed by atoms with Crippen LogP contribution in [0.4, 0.5) is 5.69 Å². The lowest BCUT2D eigenvalue weighted by Crippen LogP contribution is -2.02. The Morgan fingerprint density at radius 3 is 2.60 bits per heavy atom. The molecule has 0 spiro atoms. The van der Waals surface area contributed by atoms with Gasteiger partial charge >= 0.3 is 0 Å². The van der Waals surface area contributed by atoms with Gasteiger partial charge in [0.25, 0.3) is 0 Å². The highest BCUT2D eigenvalue weighted by Crippen LogP contribution is 2.36. The Morgan fingerprint density at radius 2 is 1.92 bits per heavy atom. The Hall–Kier alpha value is -1.43. The second kappa shape index (κ2) is 9.90. The summed E-state index contributed by atoms with van der Waals surface area (Å²) in [6.45, 7) is 5.18. The van der Waals surface area contributed by atoms with Gasteiger partial charge in [0.1, 0.15) is 0 Å². The average Bonchev–Trinajstić information content (AvgIpc) is 2.58. The van der Waals surface area contributed by atoms with Crippen LogP contribution in [-0.4, -0.2) is 19.4 Å². The van der Waals surface area contributed by atoms with Crippen LogP contribution < -0.4 is 14.9 Å². The van der Waals surface area contributed by atoms with Gasteiger partial charge in [-0.05, 0) is 65.2 Å². The van der Waals surface area contributed by atoms with Gasteiger partial charge in [0, 0.05) is 0 Å². The number of anilines is 1. The lowest BCUT2D eigenvalue weighted by atomic mass is 10.2. The SMILES string of the molecule is CCCOc1c(Br)cc(/C=N\Nc2ccc(Cl)c(Cl)c2)cc1OCC. The molecule has 0 unspecified atom stereocenters. The summed E-state index contributed by atoms with van der Waals surface area (Å²) in [4.78, 5) is 0. The number of halogens is 3. The molecule has 0 heterocycles. The minimum atomic E-state index is 0.473. The number of nitrogens with one attached hydrogen (secondary N) is 1. The summed E-state index contributed by atoms with van der Waals surface area (Å²) >= 11 is 15.4. The summed E-state index contributed by atoms with van der Waals surface area (Å²) in [5.41, 5.74) is 4.54. The molecule has 0 aliphatic heterocycles. The van der Waals surface area contributed by atoms with E-state index in [1.165, 1.54) is 0 Å². The van der Waals surface area contributed by atoms with Crippen molar-refractivity contribution in [3.63, 3.8) is 0 Å². The molecule has 0 aromatic heterocycles. The third kappa shape index (κ3) is 5.80. The molecular weight excluding hydrogens is 427 g/mol. The van der Waals surface area contributed by atoms with Crippen molar-refractivity contribution in [2.75, 3.05) is 18.6 Å². The summed E-state index contributed by atoms with van der Waals surface area (Å²) in [6, 6.07) is 9.04. The first-order valence-corrected chi connectivity index (χ1v) is 9.43. The Labute approximate surface area is 166 Å². The predicted molar refractivity (Wildman–Crippen MR) is 109 cm³/mol. The highest BCUT2D eigenvalue weighted by molar-refractivity contribution is 9.10. The van der Waals surface area contributed by atoms with Gasteiger partial charge in [-0.3, -0.25) is 5.43 Å². The lowest BCUT2D eigenvalue weighted by Gasteiger charge is -2.14. The number of nitrogens with zero attached hydrogens (tertiary/aromatic N) is 1. The zero-order valence-corrected chi connectivity index (χ0v) is 17.1. The minimum Gasteiger partial charge on any atom is -0.490 e. The number of benzene rings is 2. The van der Waals surface area contributed by atoms with E-state index >= 15 is 0 Å². The molecule has 0 saturated heterocycles. The second-order valence-corrected chi connectivity index (χ2v) is 6.78. The monoisotopic (exact) mass is 444 g/mol. The number of hydrazone groups is 1. The molecule has 0 saturated carbocycles.